The molecule has 2 rings (SSSR count). The van der Waals surface area contributed by atoms with Crippen molar-refractivity contribution >= 4 is 0 Å². The number of benzene rings is 1. The first-order valence-corrected chi connectivity index (χ1v) is 3.75. The standard InChI is InChI=1S/C10H6F2O/c11-9-3-1-2-8(10(9)12)7-4-5-13-6-7/h1-6H. The molecule has 1 aromatic carbocycles. The van der Waals surface area contributed by atoms with E-state index in [1.165, 1.54) is 24.7 Å². The lowest BCUT2D eigenvalue weighted by molar-refractivity contribution is 0.511. The van der Waals surface area contributed by atoms with E-state index in [9.17, 15) is 8.78 Å². The lowest BCUT2D eigenvalue weighted by Crippen LogP contribution is -1.86. The van der Waals surface area contributed by atoms with E-state index in [-0.39, 0.29) is 5.56 Å². The third-order valence-corrected chi connectivity index (χ3v) is 1.78. The zero-order chi connectivity index (χ0) is 9.26. The summed E-state index contributed by atoms with van der Waals surface area (Å²) in [6.45, 7) is 0. The van der Waals surface area contributed by atoms with Crippen LogP contribution in [0.25, 0.3) is 11.1 Å². The fourth-order valence-corrected chi connectivity index (χ4v) is 1.14. The molecule has 0 saturated carbocycles. The maximum atomic E-state index is 13.1. The van der Waals surface area contributed by atoms with Crippen molar-refractivity contribution in [3.63, 3.8) is 0 Å². The van der Waals surface area contributed by atoms with Crippen LogP contribution in [0.2, 0.25) is 0 Å². The SMILES string of the molecule is Fc1cccc(-c2ccoc2)c1F. The van der Waals surface area contributed by atoms with E-state index < -0.39 is 11.6 Å². The molecule has 3 heteroatoms. The Balaban J connectivity index is 2.59. The van der Waals surface area contributed by atoms with Gasteiger partial charge in [-0.25, -0.2) is 8.78 Å². The zero-order valence-corrected chi connectivity index (χ0v) is 6.63. The Bertz CT molecular complexity index is 407. The van der Waals surface area contributed by atoms with Gasteiger partial charge in [0.1, 0.15) is 0 Å². The Morgan fingerprint density at radius 3 is 2.62 bits per heavy atom. The van der Waals surface area contributed by atoms with Gasteiger partial charge in [-0.3, -0.25) is 0 Å². The minimum atomic E-state index is -0.848. The fourth-order valence-electron chi connectivity index (χ4n) is 1.14. The van der Waals surface area contributed by atoms with Crippen LogP contribution in [0.5, 0.6) is 0 Å². The van der Waals surface area contributed by atoms with Crippen LogP contribution in [0.15, 0.2) is 41.2 Å². The molecule has 0 saturated heterocycles. The highest BCUT2D eigenvalue weighted by molar-refractivity contribution is 5.62. The van der Waals surface area contributed by atoms with E-state index in [0.717, 1.165) is 6.07 Å². The summed E-state index contributed by atoms with van der Waals surface area (Å²) in [6, 6.07) is 5.63. The van der Waals surface area contributed by atoms with Gasteiger partial charge in [0.2, 0.25) is 0 Å². The van der Waals surface area contributed by atoms with Crippen molar-refractivity contribution in [2.24, 2.45) is 0 Å². The fraction of sp³-hybridized carbons (Fsp3) is 0. The molecule has 66 valence electrons. The molecule has 0 fully saturated rings. The van der Waals surface area contributed by atoms with Crippen LogP contribution in [0.4, 0.5) is 8.78 Å². The zero-order valence-electron chi connectivity index (χ0n) is 6.63. The first-order chi connectivity index (χ1) is 6.29. The second-order valence-electron chi connectivity index (χ2n) is 2.61. The van der Waals surface area contributed by atoms with Gasteiger partial charge >= 0.3 is 0 Å². The molecule has 2 aromatic rings. The smallest absolute Gasteiger partial charge is 0.166 e. The molecule has 1 heterocycles. The normalized spacial score (nSPS) is 10.3. The topological polar surface area (TPSA) is 13.1 Å². The molecule has 0 atom stereocenters. The van der Waals surface area contributed by atoms with Crippen LogP contribution in [0.1, 0.15) is 0 Å². The number of rotatable bonds is 1. The molecule has 0 bridgehead atoms. The number of hydrogen-bond donors (Lipinski definition) is 0. The molecule has 0 aliphatic heterocycles. The van der Waals surface area contributed by atoms with E-state index in [2.05, 4.69) is 0 Å². The van der Waals surface area contributed by atoms with Crippen LogP contribution >= 0.6 is 0 Å². The number of furan rings is 1. The Morgan fingerprint density at radius 2 is 1.92 bits per heavy atom. The van der Waals surface area contributed by atoms with Gasteiger partial charge in [-0.1, -0.05) is 12.1 Å². The van der Waals surface area contributed by atoms with E-state index in [1.54, 1.807) is 6.07 Å². The van der Waals surface area contributed by atoms with Gasteiger partial charge in [0, 0.05) is 11.1 Å². The number of halogens is 2. The molecule has 1 nitrogen and oxygen atoms in total. The predicted octanol–water partition coefficient (Wildman–Crippen LogP) is 3.22. The van der Waals surface area contributed by atoms with E-state index in [1.807, 2.05) is 0 Å². The molecule has 0 radical (unpaired) electrons. The molecule has 13 heavy (non-hydrogen) atoms. The maximum absolute atomic E-state index is 13.1. The summed E-state index contributed by atoms with van der Waals surface area (Å²) >= 11 is 0. The average Bonchev–Trinajstić information content (AvgIpc) is 2.62. The minimum Gasteiger partial charge on any atom is -0.472 e. The highest BCUT2D eigenvalue weighted by atomic mass is 19.2. The monoisotopic (exact) mass is 180 g/mol. The Kier molecular flexibility index (Phi) is 1.85. The van der Waals surface area contributed by atoms with Crippen molar-refractivity contribution in [3.8, 4) is 11.1 Å². The Labute approximate surface area is 73.6 Å². The van der Waals surface area contributed by atoms with Gasteiger partial charge in [-0.05, 0) is 12.1 Å². The van der Waals surface area contributed by atoms with Gasteiger partial charge in [-0.2, -0.15) is 0 Å². The molecule has 0 spiro atoms. The predicted molar refractivity (Wildman–Crippen MR) is 44.1 cm³/mol. The quantitative estimate of drug-likeness (QED) is 0.656. The number of hydrogen-bond acceptors (Lipinski definition) is 1. The summed E-state index contributed by atoms with van der Waals surface area (Å²) in [7, 11) is 0. The van der Waals surface area contributed by atoms with Crippen LogP contribution in [0.3, 0.4) is 0 Å². The molecular weight excluding hydrogens is 174 g/mol. The van der Waals surface area contributed by atoms with Gasteiger partial charge in [0.05, 0.1) is 12.5 Å². The molecule has 1 aromatic heterocycles. The van der Waals surface area contributed by atoms with Crippen LogP contribution in [-0.4, -0.2) is 0 Å². The molecule has 0 unspecified atom stereocenters. The summed E-state index contributed by atoms with van der Waals surface area (Å²) in [6.07, 6.45) is 2.79. The van der Waals surface area contributed by atoms with Crippen LogP contribution < -0.4 is 0 Å². The van der Waals surface area contributed by atoms with Crippen molar-refractivity contribution in [2.45, 2.75) is 0 Å². The lowest BCUT2D eigenvalue weighted by Gasteiger charge is -1.99. The summed E-state index contributed by atoms with van der Waals surface area (Å²) in [5.41, 5.74) is 0.755. The Hall–Kier alpha value is -1.64. The molecule has 0 amide bonds. The van der Waals surface area contributed by atoms with Crippen molar-refractivity contribution < 1.29 is 13.2 Å². The summed E-state index contributed by atoms with van der Waals surface area (Å²) < 4.78 is 30.7. The van der Waals surface area contributed by atoms with Crippen molar-refractivity contribution in [3.05, 3.63) is 48.4 Å². The van der Waals surface area contributed by atoms with Gasteiger partial charge in [0.25, 0.3) is 0 Å². The largest absolute Gasteiger partial charge is 0.472 e. The first kappa shape index (κ1) is 7.98. The molecule has 0 aliphatic rings. The van der Waals surface area contributed by atoms with E-state index >= 15 is 0 Å². The lowest BCUT2D eigenvalue weighted by atomic mass is 10.1. The maximum Gasteiger partial charge on any atom is 0.166 e. The Morgan fingerprint density at radius 1 is 1.08 bits per heavy atom. The van der Waals surface area contributed by atoms with Gasteiger partial charge in [0.15, 0.2) is 11.6 Å². The second kappa shape index (κ2) is 3.01. The first-order valence-electron chi connectivity index (χ1n) is 3.75. The van der Waals surface area contributed by atoms with Gasteiger partial charge in [-0.15, -0.1) is 0 Å². The van der Waals surface area contributed by atoms with Gasteiger partial charge < -0.3 is 4.42 Å². The van der Waals surface area contributed by atoms with Crippen LogP contribution in [-0.2, 0) is 0 Å². The van der Waals surface area contributed by atoms with E-state index in [4.69, 9.17) is 4.42 Å². The minimum absolute atomic E-state index is 0.216. The van der Waals surface area contributed by atoms with Crippen molar-refractivity contribution in [2.75, 3.05) is 0 Å². The summed E-state index contributed by atoms with van der Waals surface area (Å²) in [4.78, 5) is 0. The molecular formula is C10H6F2O. The molecule has 0 aliphatic carbocycles. The van der Waals surface area contributed by atoms with Crippen LogP contribution in [0, 0.1) is 11.6 Å². The molecule has 0 N–H and O–H groups in total. The highest BCUT2D eigenvalue weighted by Gasteiger charge is 2.09. The summed E-state index contributed by atoms with van der Waals surface area (Å²) in [5, 5.41) is 0. The summed E-state index contributed by atoms with van der Waals surface area (Å²) in [5.74, 6) is -1.69. The second-order valence-corrected chi connectivity index (χ2v) is 2.61. The third-order valence-electron chi connectivity index (χ3n) is 1.78. The third kappa shape index (κ3) is 1.33. The average molecular weight is 180 g/mol. The van der Waals surface area contributed by atoms with Crippen molar-refractivity contribution in [1.29, 1.82) is 0 Å². The van der Waals surface area contributed by atoms with E-state index in [0.29, 0.717) is 5.56 Å². The van der Waals surface area contributed by atoms with Crippen molar-refractivity contribution in [1.82, 2.24) is 0 Å². The highest BCUT2D eigenvalue weighted by Crippen LogP contribution is 2.24.